The van der Waals surface area contributed by atoms with Gasteiger partial charge in [-0.2, -0.15) is 0 Å². The SMILES string of the molecule is O=C(CCc1ccccc1)NC1CCSc2c(F)cccc21. The first-order valence-electron chi connectivity index (χ1n) is 7.48. The molecular weight excluding hydrogens is 297 g/mol. The Morgan fingerprint density at radius 3 is 2.82 bits per heavy atom. The smallest absolute Gasteiger partial charge is 0.220 e. The van der Waals surface area contributed by atoms with Crippen LogP contribution in [-0.2, 0) is 11.2 Å². The fraction of sp³-hybridized carbons (Fsp3) is 0.278. The lowest BCUT2D eigenvalue weighted by Gasteiger charge is -2.26. The molecule has 2 aromatic carbocycles. The summed E-state index contributed by atoms with van der Waals surface area (Å²) in [6.45, 7) is 0. The van der Waals surface area contributed by atoms with Crippen LogP contribution in [0, 0.1) is 5.82 Å². The van der Waals surface area contributed by atoms with Gasteiger partial charge in [-0.1, -0.05) is 42.5 Å². The van der Waals surface area contributed by atoms with E-state index in [4.69, 9.17) is 0 Å². The maximum absolute atomic E-state index is 13.8. The van der Waals surface area contributed by atoms with Crippen LogP contribution in [0.15, 0.2) is 53.4 Å². The van der Waals surface area contributed by atoms with Crippen LogP contribution in [0.3, 0.4) is 0 Å². The molecule has 0 saturated carbocycles. The second kappa shape index (κ2) is 6.97. The van der Waals surface area contributed by atoms with Gasteiger partial charge in [0, 0.05) is 17.1 Å². The van der Waals surface area contributed by atoms with Crippen LogP contribution in [0.5, 0.6) is 0 Å². The largest absolute Gasteiger partial charge is 0.349 e. The first-order chi connectivity index (χ1) is 10.7. The Hall–Kier alpha value is -1.81. The molecule has 22 heavy (non-hydrogen) atoms. The molecule has 0 spiro atoms. The van der Waals surface area contributed by atoms with Gasteiger partial charge >= 0.3 is 0 Å². The van der Waals surface area contributed by atoms with Crippen molar-refractivity contribution in [2.75, 3.05) is 5.75 Å². The Kier molecular flexibility index (Phi) is 4.78. The predicted molar refractivity (Wildman–Crippen MR) is 87.4 cm³/mol. The molecule has 1 aliphatic rings. The van der Waals surface area contributed by atoms with Crippen molar-refractivity contribution in [1.82, 2.24) is 5.32 Å². The van der Waals surface area contributed by atoms with Crippen LogP contribution in [-0.4, -0.2) is 11.7 Å². The van der Waals surface area contributed by atoms with Gasteiger partial charge in [0.15, 0.2) is 0 Å². The predicted octanol–water partition coefficient (Wildman–Crippen LogP) is 4.11. The zero-order chi connectivity index (χ0) is 15.4. The highest BCUT2D eigenvalue weighted by Crippen LogP contribution is 2.37. The van der Waals surface area contributed by atoms with E-state index < -0.39 is 0 Å². The van der Waals surface area contributed by atoms with Crippen molar-refractivity contribution in [3.05, 3.63) is 65.5 Å². The molecule has 1 unspecified atom stereocenters. The number of nitrogens with one attached hydrogen (secondary N) is 1. The lowest BCUT2D eigenvalue weighted by molar-refractivity contribution is -0.121. The number of amides is 1. The zero-order valence-electron chi connectivity index (χ0n) is 12.2. The summed E-state index contributed by atoms with van der Waals surface area (Å²) in [6, 6.07) is 15.0. The number of halogens is 1. The summed E-state index contributed by atoms with van der Waals surface area (Å²) in [6.07, 6.45) is 2.03. The van der Waals surface area contributed by atoms with E-state index in [0.717, 1.165) is 29.7 Å². The van der Waals surface area contributed by atoms with Gasteiger partial charge in [-0.3, -0.25) is 4.79 Å². The van der Waals surface area contributed by atoms with Gasteiger partial charge in [0.2, 0.25) is 5.91 Å². The van der Waals surface area contributed by atoms with Crippen molar-refractivity contribution in [1.29, 1.82) is 0 Å². The number of hydrogen-bond acceptors (Lipinski definition) is 2. The Morgan fingerprint density at radius 2 is 2.00 bits per heavy atom. The van der Waals surface area contributed by atoms with Gasteiger partial charge < -0.3 is 5.32 Å². The van der Waals surface area contributed by atoms with Crippen LogP contribution >= 0.6 is 11.8 Å². The molecule has 1 atom stereocenters. The topological polar surface area (TPSA) is 29.1 Å². The molecule has 0 aromatic heterocycles. The zero-order valence-corrected chi connectivity index (χ0v) is 13.0. The van der Waals surface area contributed by atoms with E-state index in [1.54, 1.807) is 6.07 Å². The molecule has 0 aliphatic carbocycles. The number of fused-ring (bicyclic) bond motifs is 1. The average Bonchev–Trinajstić information content (AvgIpc) is 2.55. The second-order valence-electron chi connectivity index (χ2n) is 5.40. The fourth-order valence-corrected chi connectivity index (χ4v) is 3.85. The van der Waals surface area contributed by atoms with Crippen molar-refractivity contribution < 1.29 is 9.18 Å². The van der Waals surface area contributed by atoms with Crippen LogP contribution in [0.25, 0.3) is 0 Å². The fourth-order valence-electron chi connectivity index (χ4n) is 2.71. The van der Waals surface area contributed by atoms with E-state index in [2.05, 4.69) is 5.32 Å². The third-order valence-corrected chi connectivity index (χ3v) is 5.00. The van der Waals surface area contributed by atoms with E-state index in [1.807, 2.05) is 36.4 Å². The number of thioether (sulfide) groups is 1. The normalized spacial score (nSPS) is 16.9. The number of hydrogen-bond donors (Lipinski definition) is 1. The van der Waals surface area contributed by atoms with Gasteiger partial charge in [0.1, 0.15) is 5.82 Å². The van der Waals surface area contributed by atoms with Crippen molar-refractivity contribution in [2.45, 2.75) is 30.2 Å². The molecule has 1 aliphatic heterocycles. The summed E-state index contributed by atoms with van der Waals surface area (Å²) in [4.78, 5) is 12.9. The molecule has 0 radical (unpaired) electrons. The van der Waals surface area contributed by atoms with Crippen LogP contribution in [0.2, 0.25) is 0 Å². The number of rotatable bonds is 4. The van der Waals surface area contributed by atoms with Crippen LogP contribution in [0.1, 0.15) is 30.0 Å². The Morgan fingerprint density at radius 1 is 1.18 bits per heavy atom. The molecule has 4 heteroatoms. The molecule has 1 N–H and O–H groups in total. The molecular formula is C18H18FNOS. The Balaban J connectivity index is 1.62. The number of benzene rings is 2. The lowest BCUT2D eigenvalue weighted by atomic mass is 10.0. The summed E-state index contributed by atoms with van der Waals surface area (Å²) < 4.78 is 13.8. The maximum Gasteiger partial charge on any atom is 0.220 e. The summed E-state index contributed by atoms with van der Waals surface area (Å²) in [7, 11) is 0. The molecule has 114 valence electrons. The summed E-state index contributed by atoms with van der Waals surface area (Å²) in [5, 5.41) is 3.05. The summed E-state index contributed by atoms with van der Waals surface area (Å²) in [5.41, 5.74) is 2.06. The second-order valence-corrected chi connectivity index (χ2v) is 6.51. The van der Waals surface area contributed by atoms with Crippen LogP contribution < -0.4 is 5.32 Å². The molecule has 0 fully saturated rings. The minimum absolute atomic E-state index is 0.0240. The van der Waals surface area contributed by atoms with Crippen molar-refractivity contribution >= 4 is 17.7 Å². The Bertz CT molecular complexity index is 659. The van der Waals surface area contributed by atoms with Crippen LogP contribution in [0.4, 0.5) is 4.39 Å². The third kappa shape index (κ3) is 3.50. The van der Waals surface area contributed by atoms with Crippen molar-refractivity contribution in [2.24, 2.45) is 0 Å². The maximum atomic E-state index is 13.8. The highest BCUT2D eigenvalue weighted by Gasteiger charge is 2.24. The number of carbonyl (C=O) groups is 1. The first kappa shape index (κ1) is 15.1. The highest BCUT2D eigenvalue weighted by atomic mass is 32.2. The molecule has 2 aromatic rings. The molecule has 0 bridgehead atoms. The van der Waals surface area contributed by atoms with E-state index >= 15 is 0 Å². The van der Waals surface area contributed by atoms with E-state index in [9.17, 15) is 9.18 Å². The molecule has 0 saturated heterocycles. The molecule has 2 nitrogen and oxygen atoms in total. The van der Waals surface area contributed by atoms with E-state index in [1.165, 1.54) is 17.8 Å². The highest BCUT2D eigenvalue weighted by molar-refractivity contribution is 7.99. The quantitative estimate of drug-likeness (QED) is 0.920. The Labute approximate surface area is 134 Å². The molecule has 3 rings (SSSR count). The number of carbonyl (C=O) groups excluding carboxylic acids is 1. The minimum Gasteiger partial charge on any atom is -0.349 e. The van der Waals surface area contributed by atoms with Crippen molar-refractivity contribution in [3.63, 3.8) is 0 Å². The molecule has 1 amide bonds. The van der Waals surface area contributed by atoms with E-state index in [0.29, 0.717) is 11.3 Å². The average molecular weight is 315 g/mol. The lowest BCUT2D eigenvalue weighted by Crippen LogP contribution is -2.31. The molecule has 1 heterocycles. The van der Waals surface area contributed by atoms with Gasteiger partial charge in [0.05, 0.1) is 6.04 Å². The van der Waals surface area contributed by atoms with Gasteiger partial charge in [-0.05, 0) is 30.0 Å². The monoisotopic (exact) mass is 315 g/mol. The standard InChI is InChI=1S/C18H18FNOS/c19-15-8-4-7-14-16(11-12-22-18(14)15)20-17(21)10-9-13-5-2-1-3-6-13/h1-8,16H,9-12H2,(H,20,21). The summed E-state index contributed by atoms with van der Waals surface area (Å²) in [5.74, 6) is 0.666. The van der Waals surface area contributed by atoms with E-state index in [-0.39, 0.29) is 17.8 Å². The minimum atomic E-state index is -0.189. The summed E-state index contributed by atoms with van der Waals surface area (Å²) >= 11 is 1.53. The third-order valence-electron chi connectivity index (χ3n) is 3.84. The van der Waals surface area contributed by atoms with Gasteiger partial charge in [0.25, 0.3) is 0 Å². The number of aryl methyl sites for hydroxylation is 1. The van der Waals surface area contributed by atoms with Crippen molar-refractivity contribution in [3.8, 4) is 0 Å². The van der Waals surface area contributed by atoms with Gasteiger partial charge in [-0.15, -0.1) is 11.8 Å². The van der Waals surface area contributed by atoms with Gasteiger partial charge in [-0.25, -0.2) is 4.39 Å². The first-order valence-corrected chi connectivity index (χ1v) is 8.47.